The number of sulfonamides is 1. The summed E-state index contributed by atoms with van der Waals surface area (Å²) in [5.74, 6) is 1.50. The Balaban J connectivity index is 1.51. The van der Waals surface area contributed by atoms with Crippen molar-refractivity contribution in [2.24, 2.45) is 0 Å². The number of nitro groups is 2. The lowest BCUT2D eigenvalue weighted by molar-refractivity contribution is -0.395. The molecular weight excluding hydrogens is 480 g/mol. The second kappa shape index (κ2) is 9.67. The fraction of sp³-hybridized carbons (Fsp3) is 0.500. The zero-order valence-corrected chi connectivity index (χ0v) is 20.2. The molecule has 35 heavy (non-hydrogen) atoms. The minimum absolute atomic E-state index is 0.103. The monoisotopic (exact) mass is 506 g/mol. The predicted octanol–water partition coefficient (Wildman–Crippen LogP) is 0.864. The third kappa shape index (κ3) is 5.01. The topological polar surface area (TPSA) is 159 Å². The molecular formula is C20H26N8O6S. The zero-order chi connectivity index (χ0) is 25.3. The first-order valence-electron chi connectivity index (χ1n) is 11.0. The molecule has 0 unspecified atom stereocenters. The van der Waals surface area contributed by atoms with Gasteiger partial charge in [0, 0.05) is 70.6 Å². The molecule has 188 valence electrons. The number of nitro benzene ring substituents is 2. The number of rotatable bonds is 6. The van der Waals surface area contributed by atoms with Crippen LogP contribution in [0.5, 0.6) is 0 Å². The molecule has 14 nitrogen and oxygen atoms in total. The van der Waals surface area contributed by atoms with Gasteiger partial charge in [0.15, 0.2) is 0 Å². The molecule has 2 saturated heterocycles. The molecule has 0 bridgehead atoms. The molecule has 1 aromatic heterocycles. The molecule has 2 fully saturated rings. The average Bonchev–Trinajstić information content (AvgIpc) is 2.84. The van der Waals surface area contributed by atoms with Crippen LogP contribution in [-0.4, -0.2) is 96.8 Å². The third-order valence-electron chi connectivity index (χ3n) is 6.39. The molecule has 4 rings (SSSR count). The molecule has 0 atom stereocenters. The molecule has 0 aliphatic carbocycles. The lowest BCUT2D eigenvalue weighted by Crippen LogP contribution is -2.49. The Morgan fingerprint density at radius 3 is 1.71 bits per heavy atom. The van der Waals surface area contributed by atoms with E-state index in [2.05, 4.69) is 26.8 Å². The minimum Gasteiger partial charge on any atom is -0.354 e. The van der Waals surface area contributed by atoms with Crippen LogP contribution < -0.4 is 9.80 Å². The molecule has 1 aromatic carbocycles. The SMILES string of the molecule is Cc1c([N+](=O)[O-])cc(S(=O)(=O)N2CCN(c3cc(N4CCN(C)CC4)ncn3)CC2)cc1[N+](=O)[O-]. The summed E-state index contributed by atoms with van der Waals surface area (Å²) in [6.07, 6.45) is 1.50. The summed E-state index contributed by atoms with van der Waals surface area (Å²) in [6.45, 7) is 5.70. The Labute approximate surface area is 202 Å². The van der Waals surface area contributed by atoms with Crippen LogP contribution in [0.2, 0.25) is 0 Å². The molecule has 3 heterocycles. The van der Waals surface area contributed by atoms with Gasteiger partial charge >= 0.3 is 0 Å². The van der Waals surface area contributed by atoms with Crippen molar-refractivity contribution in [1.82, 2.24) is 19.2 Å². The number of likely N-dealkylation sites (N-methyl/N-ethyl adjacent to an activating group) is 1. The van der Waals surface area contributed by atoms with Gasteiger partial charge in [-0.15, -0.1) is 0 Å². The first-order valence-corrected chi connectivity index (χ1v) is 12.5. The molecule has 0 saturated carbocycles. The molecule has 2 aromatic rings. The Morgan fingerprint density at radius 2 is 1.26 bits per heavy atom. The standard InChI is InChI=1S/C20H26N8O6S/c1-15-17(27(29)30)11-16(12-18(15)28(31)32)35(33,34)26-9-7-25(8-10-26)20-13-19(21-14-22-20)24-5-3-23(2)4-6-24/h11-14H,3-10H2,1-2H3. The first-order chi connectivity index (χ1) is 16.6. The van der Waals surface area contributed by atoms with Crippen molar-refractivity contribution in [3.05, 3.63) is 50.3 Å². The van der Waals surface area contributed by atoms with E-state index in [1.165, 1.54) is 17.6 Å². The minimum atomic E-state index is -4.17. The summed E-state index contributed by atoms with van der Waals surface area (Å²) in [7, 11) is -2.10. The second-order valence-electron chi connectivity index (χ2n) is 8.52. The van der Waals surface area contributed by atoms with E-state index in [9.17, 15) is 28.6 Å². The molecule has 2 aliphatic heterocycles. The van der Waals surface area contributed by atoms with Gasteiger partial charge in [-0.2, -0.15) is 4.31 Å². The summed E-state index contributed by atoms with van der Waals surface area (Å²) in [4.78, 5) is 35.7. The molecule has 0 radical (unpaired) electrons. The fourth-order valence-electron chi connectivity index (χ4n) is 4.21. The number of hydrogen-bond acceptors (Lipinski definition) is 11. The van der Waals surface area contributed by atoms with Crippen LogP contribution in [0.15, 0.2) is 29.4 Å². The molecule has 0 spiro atoms. The van der Waals surface area contributed by atoms with Crippen molar-refractivity contribution in [2.75, 3.05) is 69.2 Å². The number of nitrogens with zero attached hydrogens (tertiary/aromatic N) is 8. The lowest BCUT2D eigenvalue weighted by Gasteiger charge is -2.36. The van der Waals surface area contributed by atoms with Crippen LogP contribution >= 0.6 is 0 Å². The van der Waals surface area contributed by atoms with Gasteiger partial charge in [0.05, 0.1) is 14.7 Å². The smallest absolute Gasteiger partial charge is 0.280 e. The number of benzene rings is 1. The van der Waals surface area contributed by atoms with Crippen molar-refractivity contribution in [3.8, 4) is 0 Å². The summed E-state index contributed by atoms with van der Waals surface area (Å²) in [5, 5.41) is 22.7. The quantitative estimate of drug-likeness (QED) is 0.404. The Bertz CT molecular complexity index is 1200. The Kier molecular flexibility index (Phi) is 6.82. The van der Waals surface area contributed by atoms with Crippen molar-refractivity contribution in [3.63, 3.8) is 0 Å². The molecule has 0 amide bonds. The molecule has 15 heteroatoms. The highest BCUT2D eigenvalue weighted by atomic mass is 32.2. The summed E-state index contributed by atoms with van der Waals surface area (Å²) >= 11 is 0. The van der Waals surface area contributed by atoms with Gasteiger partial charge in [-0.25, -0.2) is 18.4 Å². The van der Waals surface area contributed by atoms with Crippen LogP contribution in [-0.2, 0) is 10.0 Å². The average molecular weight is 507 g/mol. The van der Waals surface area contributed by atoms with E-state index < -0.39 is 36.1 Å². The summed E-state index contributed by atoms with van der Waals surface area (Å²) in [6, 6.07) is 3.66. The van der Waals surface area contributed by atoms with Crippen LogP contribution in [0.25, 0.3) is 0 Å². The highest BCUT2D eigenvalue weighted by Gasteiger charge is 2.33. The normalized spacial score (nSPS) is 18.0. The lowest BCUT2D eigenvalue weighted by atomic mass is 10.1. The summed E-state index contributed by atoms with van der Waals surface area (Å²) in [5.41, 5.74) is -1.40. The van der Waals surface area contributed by atoms with E-state index in [1.54, 1.807) is 0 Å². The fourth-order valence-corrected chi connectivity index (χ4v) is 5.68. The van der Waals surface area contributed by atoms with Gasteiger partial charge in [0.2, 0.25) is 10.0 Å². The van der Waals surface area contributed by atoms with Crippen molar-refractivity contribution in [2.45, 2.75) is 11.8 Å². The maximum Gasteiger partial charge on any atom is 0.280 e. The van der Waals surface area contributed by atoms with Crippen LogP contribution in [0.1, 0.15) is 5.56 Å². The van der Waals surface area contributed by atoms with Crippen LogP contribution in [0, 0.1) is 27.2 Å². The Morgan fingerprint density at radius 1 is 0.800 bits per heavy atom. The van der Waals surface area contributed by atoms with E-state index >= 15 is 0 Å². The maximum absolute atomic E-state index is 13.2. The summed E-state index contributed by atoms with van der Waals surface area (Å²) < 4.78 is 27.6. The largest absolute Gasteiger partial charge is 0.354 e. The van der Waals surface area contributed by atoms with Crippen molar-refractivity contribution in [1.29, 1.82) is 0 Å². The van der Waals surface area contributed by atoms with Crippen LogP contribution in [0.4, 0.5) is 23.0 Å². The number of aromatic nitrogens is 2. The van der Waals surface area contributed by atoms with E-state index in [0.29, 0.717) is 18.9 Å². The van der Waals surface area contributed by atoms with Crippen LogP contribution in [0.3, 0.4) is 0 Å². The van der Waals surface area contributed by atoms with Gasteiger partial charge < -0.3 is 14.7 Å². The zero-order valence-electron chi connectivity index (χ0n) is 19.4. The van der Waals surface area contributed by atoms with Gasteiger partial charge in [-0.1, -0.05) is 0 Å². The van der Waals surface area contributed by atoms with Crippen molar-refractivity contribution < 1.29 is 18.3 Å². The van der Waals surface area contributed by atoms with E-state index in [0.717, 1.165) is 44.1 Å². The molecule has 0 N–H and O–H groups in total. The van der Waals surface area contributed by atoms with E-state index in [-0.39, 0.29) is 18.7 Å². The highest BCUT2D eigenvalue weighted by molar-refractivity contribution is 7.89. The number of anilines is 2. The van der Waals surface area contributed by atoms with E-state index in [4.69, 9.17) is 0 Å². The number of hydrogen-bond donors (Lipinski definition) is 0. The number of piperazine rings is 2. The predicted molar refractivity (Wildman–Crippen MR) is 127 cm³/mol. The highest BCUT2D eigenvalue weighted by Crippen LogP contribution is 2.33. The van der Waals surface area contributed by atoms with Gasteiger partial charge in [0.1, 0.15) is 23.5 Å². The Hall–Kier alpha value is -3.43. The van der Waals surface area contributed by atoms with Gasteiger partial charge in [-0.05, 0) is 14.0 Å². The van der Waals surface area contributed by atoms with E-state index in [1.807, 2.05) is 11.0 Å². The van der Waals surface area contributed by atoms with Gasteiger partial charge in [0.25, 0.3) is 11.4 Å². The molecule has 2 aliphatic rings. The van der Waals surface area contributed by atoms with Gasteiger partial charge in [-0.3, -0.25) is 20.2 Å². The third-order valence-corrected chi connectivity index (χ3v) is 8.26. The van der Waals surface area contributed by atoms with Crippen molar-refractivity contribution >= 4 is 33.0 Å². The first kappa shape index (κ1) is 24.7. The second-order valence-corrected chi connectivity index (χ2v) is 10.5. The maximum atomic E-state index is 13.2.